The zero-order valence-electron chi connectivity index (χ0n) is 12.8. The molecule has 4 rings (SSSR count). The van der Waals surface area contributed by atoms with Crippen LogP contribution in [0.5, 0.6) is 0 Å². The lowest BCUT2D eigenvalue weighted by Crippen LogP contribution is -1.97. The molecule has 0 fully saturated rings. The quantitative estimate of drug-likeness (QED) is 0.585. The first-order chi connectivity index (χ1) is 11.3. The molecule has 0 saturated carbocycles. The Balaban J connectivity index is 1.80. The normalized spacial score (nSPS) is 16.9. The van der Waals surface area contributed by atoms with Crippen molar-refractivity contribution < 1.29 is 0 Å². The average molecular weight is 335 g/mol. The van der Waals surface area contributed by atoms with Crippen LogP contribution in [0.3, 0.4) is 0 Å². The first-order valence-corrected chi connectivity index (χ1v) is 9.40. The van der Waals surface area contributed by atoms with Gasteiger partial charge in [-0.25, -0.2) is 0 Å². The van der Waals surface area contributed by atoms with Gasteiger partial charge in [-0.05, 0) is 42.1 Å². The molecule has 1 N–H and O–H groups in total. The number of thioether (sulfide) groups is 1. The van der Waals surface area contributed by atoms with E-state index in [-0.39, 0.29) is 0 Å². The Kier molecular flexibility index (Phi) is 3.98. The molecule has 3 heteroatoms. The number of thiophene rings is 1. The van der Waals surface area contributed by atoms with Crippen molar-refractivity contribution in [1.82, 2.24) is 0 Å². The Morgan fingerprint density at radius 2 is 1.74 bits per heavy atom. The number of para-hydroxylation sites is 1. The zero-order valence-corrected chi connectivity index (χ0v) is 14.5. The van der Waals surface area contributed by atoms with Crippen molar-refractivity contribution in [3.05, 3.63) is 88.1 Å². The standard InChI is InChI=1S/C20H17NS2/c1-14-8-10-15(11-9-14)20-13-17(18-7-4-12-22-18)21-16-5-2-3-6-19(16)23-20/h2-13,20-21H,1H3. The molecule has 1 aliphatic rings. The molecule has 1 nitrogen and oxygen atoms in total. The lowest BCUT2D eigenvalue weighted by molar-refractivity contribution is 1.22. The number of fused-ring (bicyclic) bond motifs is 1. The first-order valence-electron chi connectivity index (χ1n) is 7.64. The van der Waals surface area contributed by atoms with Crippen molar-refractivity contribution >= 4 is 34.5 Å². The molecule has 0 saturated heterocycles. The molecule has 23 heavy (non-hydrogen) atoms. The van der Waals surface area contributed by atoms with E-state index in [1.54, 1.807) is 11.3 Å². The van der Waals surface area contributed by atoms with Crippen LogP contribution in [-0.4, -0.2) is 0 Å². The molecule has 1 unspecified atom stereocenters. The first kappa shape index (κ1) is 14.6. The van der Waals surface area contributed by atoms with Crippen molar-refractivity contribution in [2.75, 3.05) is 5.32 Å². The fraction of sp³-hybridized carbons (Fsp3) is 0.100. The van der Waals surface area contributed by atoms with Gasteiger partial charge in [0.15, 0.2) is 0 Å². The summed E-state index contributed by atoms with van der Waals surface area (Å²) in [5.41, 5.74) is 5.02. The molecule has 1 atom stereocenters. The summed E-state index contributed by atoms with van der Waals surface area (Å²) in [7, 11) is 0. The number of anilines is 1. The number of rotatable bonds is 2. The minimum Gasteiger partial charge on any atom is -0.354 e. The van der Waals surface area contributed by atoms with Gasteiger partial charge in [0, 0.05) is 4.90 Å². The molecule has 0 bridgehead atoms. The zero-order chi connectivity index (χ0) is 15.6. The van der Waals surface area contributed by atoms with Gasteiger partial charge >= 0.3 is 0 Å². The van der Waals surface area contributed by atoms with Crippen molar-refractivity contribution in [1.29, 1.82) is 0 Å². The summed E-state index contributed by atoms with van der Waals surface area (Å²) >= 11 is 3.68. The predicted octanol–water partition coefficient (Wildman–Crippen LogP) is 6.36. The molecule has 0 spiro atoms. The minimum atomic E-state index is 0.309. The third kappa shape index (κ3) is 3.07. The van der Waals surface area contributed by atoms with Crippen LogP contribution in [0.15, 0.2) is 77.0 Å². The second-order valence-electron chi connectivity index (χ2n) is 5.63. The summed E-state index contributed by atoms with van der Waals surface area (Å²) < 4.78 is 0. The topological polar surface area (TPSA) is 12.0 Å². The number of aryl methyl sites for hydroxylation is 1. The van der Waals surface area contributed by atoms with Gasteiger partial charge in [-0.1, -0.05) is 48.0 Å². The summed E-state index contributed by atoms with van der Waals surface area (Å²) in [5.74, 6) is 0. The highest BCUT2D eigenvalue weighted by Gasteiger charge is 2.19. The maximum Gasteiger partial charge on any atom is 0.0548 e. The lowest BCUT2D eigenvalue weighted by Gasteiger charge is -2.12. The number of nitrogens with one attached hydrogen (secondary N) is 1. The van der Waals surface area contributed by atoms with Crippen LogP contribution in [0, 0.1) is 6.92 Å². The number of benzene rings is 2. The highest BCUT2D eigenvalue weighted by Crippen LogP contribution is 2.45. The predicted molar refractivity (Wildman–Crippen MR) is 102 cm³/mol. The van der Waals surface area contributed by atoms with Crippen LogP contribution in [0.1, 0.15) is 21.3 Å². The second kappa shape index (κ2) is 6.26. The minimum absolute atomic E-state index is 0.309. The summed E-state index contributed by atoms with van der Waals surface area (Å²) in [6.07, 6.45) is 2.35. The summed E-state index contributed by atoms with van der Waals surface area (Å²) in [6.45, 7) is 2.13. The van der Waals surface area contributed by atoms with Gasteiger partial charge in [-0.3, -0.25) is 0 Å². The van der Waals surface area contributed by atoms with E-state index in [9.17, 15) is 0 Å². The van der Waals surface area contributed by atoms with Crippen LogP contribution >= 0.6 is 23.1 Å². The largest absolute Gasteiger partial charge is 0.354 e. The highest BCUT2D eigenvalue weighted by molar-refractivity contribution is 7.99. The van der Waals surface area contributed by atoms with Gasteiger partial charge in [0.2, 0.25) is 0 Å². The Morgan fingerprint density at radius 1 is 0.913 bits per heavy atom. The SMILES string of the molecule is Cc1ccc(C2C=C(c3cccs3)Nc3ccccc3S2)cc1. The van der Waals surface area contributed by atoms with E-state index < -0.39 is 0 Å². The van der Waals surface area contributed by atoms with Gasteiger partial charge in [0.05, 0.1) is 21.5 Å². The smallest absolute Gasteiger partial charge is 0.0548 e. The maximum absolute atomic E-state index is 3.62. The molecule has 2 heterocycles. The van der Waals surface area contributed by atoms with Gasteiger partial charge < -0.3 is 5.32 Å². The molecule has 1 aliphatic heterocycles. The van der Waals surface area contributed by atoms with Crippen molar-refractivity contribution in [2.45, 2.75) is 17.1 Å². The third-order valence-electron chi connectivity index (χ3n) is 3.92. The highest BCUT2D eigenvalue weighted by atomic mass is 32.2. The van der Waals surface area contributed by atoms with Gasteiger partial charge in [0.1, 0.15) is 0 Å². The number of hydrogen-bond acceptors (Lipinski definition) is 3. The van der Waals surface area contributed by atoms with Crippen molar-refractivity contribution in [2.24, 2.45) is 0 Å². The van der Waals surface area contributed by atoms with Gasteiger partial charge in [-0.2, -0.15) is 0 Å². The fourth-order valence-electron chi connectivity index (χ4n) is 2.68. The van der Waals surface area contributed by atoms with Crippen LogP contribution < -0.4 is 5.32 Å². The Bertz CT molecular complexity index is 832. The molecule has 0 radical (unpaired) electrons. The van der Waals surface area contributed by atoms with Gasteiger partial charge in [0.25, 0.3) is 0 Å². The van der Waals surface area contributed by atoms with Crippen molar-refractivity contribution in [3.63, 3.8) is 0 Å². The van der Waals surface area contributed by atoms with Crippen molar-refractivity contribution in [3.8, 4) is 0 Å². The third-order valence-corrected chi connectivity index (χ3v) is 6.10. The second-order valence-corrected chi connectivity index (χ2v) is 7.76. The molecular formula is C20H17NS2. The molecule has 2 aromatic carbocycles. The van der Waals surface area contributed by atoms with E-state index in [0.717, 1.165) is 0 Å². The lowest BCUT2D eigenvalue weighted by atomic mass is 10.1. The molecule has 114 valence electrons. The van der Waals surface area contributed by atoms with E-state index in [4.69, 9.17) is 0 Å². The molecule has 0 amide bonds. The van der Waals surface area contributed by atoms with E-state index in [2.05, 4.69) is 84.4 Å². The summed E-state index contributed by atoms with van der Waals surface area (Å²) in [6, 6.07) is 21.7. The fourth-order valence-corrected chi connectivity index (χ4v) is 4.56. The Morgan fingerprint density at radius 3 is 2.52 bits per heavy atom. The van der Waals surface area contributed by atoms with E-state index in [0.29, 0.717) is 5.25 Å². The maximum atomic E-state index is 3.62. The molecule has 3 aromatic rings. The Labute approximate surface area is 145 Å². The van der Waals surface area contributed by atoms with E-state index >= 15 is 0 Å². The summed E-state index contributed by atoms with van der Waals surface area (Å²) in [5, 5.41) is 6.06. The van der Waals surface area contributed by atoms with Crippen LogP contribution in [-0.2, 0) is 0 Å². The molecule has 1 aromatic heterocycles. The molecule has 0 aliphatic carbocycles. The van der Waals surface area contributed by atoms with E-state index in [1.165, 1.54) is 32.3 Å². The van der Waals surface area contributed by atoms with Crippen LogP contribution in [0.2, 0.25) is 0 Å². The van der Waals surface area contributed by atoms with Crippen LogP contribution in [0.4, 0.5) is 5.69 Å². The van der Waals surface area contributed by atoms with Crippen LogP contribution in [0.25, 0.3) is 5.70 Å². The molecular weight excluding hydrogens is 318 g/mol. The Hall–Kier alpha value is -1.97. The monoisotopic (exact) mass is 335 g/mol. The number of hydrogen-bond donors (Lipinski definition) is 1. The summed E-state index contributed by atoms with van der Waals surface area (Å²) in [4.78, 5) is 2.57. The van der Waals surface area contributed by atoms with E-state index in [1.807, 2.05) is 11.8 Å². The van der Waals surface area contributed by atoms with Gasteiger partial charge in [-0.15, -0.1) is 23.1 Å². The average Bonchev–Trinajstić information content (AvgIpc) is 3.03.